The zero-order valence-corrected chi connectivity index (χ0v) is 12.8. The Hall–Kier alpha value is -3.09. The smallest absolute Gasteiger partial charge is 0.356 e. The Labute approximate surface area is 132 Å². The van der Waals surface area contributed by atoms with Crippen LogP contribution in [0.25, 0.3) is 0 Å². The highest BCUT2D eigenvalue weighted by Crippen LogP contribution is 2.21. The topological polar surface area (TPSA) is 58.5 Å². The summed E-state index contributed by atoms with van der Waals surface area (Å²) in [7, 11) is 3.67. The van der Waals surface area contributed by atoms with Crippen molar-refractivity contribution in [3.63, 3.8) is 0 Å². The number of aryl methyl sites for hydroxylation is 2. The van der Waals surface area contributed by atoms with Crippen LogP contribution >= 0.6 is 0 Å². The third kappa shape index (κ3) is 3.57. The number of nitrogens with one attached hydrogen (secondary N) is 1. The number of hydrogen-bond donors (Lipinski definition) is 1. The van der Waals surface area contributed by atoms with Crippen LogP contribution in [0.15, 0.2) is 65.1 Å². The summed E-state index contributed by atoms with van der Waals surface area (Å²) in [4.78, 5) is 0. The molecule has 0 spiro atoms. The molecule has 0 aliphatic rings. The van der Waals surface area contributed by atoms with E-state index in [4.69, 9.17) is 0 Å². The number of rotatable bonds is 4. The molecule has 0 bridgehead atoms. The van der Waals surface area contributed by atoms with E-state index in [1.165, 1.54) is 12.1 Å². The Bertz CT molecular complexity index is 801. The number of aromatic nitrogens is 3. The fourth-order valence-corrected chi connectivity index (χ4v) is 2.04. The molecule has 0 atom stereocenters. The van der Waals surface area contributed by atoms with Crippen LogP contribution in [0.2, 0.25) is 0 Å². The van der Waals surface area contributed by atoms with Crippen LogP contribution in [-0.2, 0) is 14.1 Å². The van der Waals surface area contributed by atoms with Crippen molar-refractivity contribution in [1.29, 1.82) is 0 Å². The molecule has 0 unspecified atom stereocenters. The standard InChI is InChI=1S/C16H15FN6/c1-22-11-18-23(2)16(22)21-20-15-9-7-14(8-10-15)19-13-5-3-12(17)4-6-13/h3-11H,1-2H3/p+1. The van der Waals surface area contributed by atoms with Gasteiger partial charge in [0.05, 0.1) is 19.8 Å². The Morgan fingerprint density at radius 2 is 1.61 bits per heavy atom. The molecule has 0 radical (unpaired) electrons. The maximum atomic E-state index is 12.9. The molecular formula is C16H16FN6+. The first-order valence-electron chi connectivity index (χ1n) is 7.04. The van der Waals surface area contributed by atoms with E-state index in [1.807, 2.05) is 38.4 Å². The molecule has 0 aliphatic heterocycles. The van der Waals surface area contributed by atoms with Crippen LogP contribution in [0.1, 0.15) is 0 Å². The Balaban J connectivity index is 1.71. The van der Waals surface area contributed by atoms with Crippen molar-refractivity contribution < 1.29 is 8.96 Å². The normalized spacial score (nSPS) is 11.1. The summed E-state index contributed by atoms with van der Waals surface area (Å²) >= 11 is 0. The number of benzene rings is 2. The number of hydrogen-bond acceptors (Lipinski definition) is 4. The second-order valence-corrected chi connectivity index (χ2v) is 5.04. The molecule has 2 aromatic carbocycles. The number of anilines is 2. The SMILES string of the molecule is Cn1nc[n+](C)c1/N=N/c1ccc(Nc2ccc(F)cc2)cc1. The summed E-state index contributed by atoms with van der Waals surface area (Å²) < 4.78 is 16.3. The van der Waals surface area contributed by atoms with E-state index in [0.717, 1.165) is 17.1 Å². The van der Waals surface area contributed by atoms with Gasteiger partial charge >= 0.3 is 5.95 Å². The van der Waals surface area contributed by atoms with Crippen LogP contribution < -0.4 is 9.88 Å². The zero-order chi connectivity index (χ0) is 16.2. The van der Waals surface area contributed by atoms with Crippen molar-refractivity contribution >= 4 is 23.0 Å². The lowest BCUT2D eigenvalue weighted by molar-refractivity contribution is -0.659. The minimum Gasteiger partial charge on any atom is -0.356 e. The molecule has 7 heteroatoms. The Kier molecular flexibility index (Phi) is 4.09. The fraction of sp³-hybridized carbons (Fsp3) is 0.125. The number of azo groups is 1. The highest BCUT2D eigenvalue weighted by atomic mass is 19.1. The molecule has 0 amide bonds. The molecular weight excluding hydrogens is 295 g/mol. The van der Waals surface area contributed by atoms with E-state index < -0.39 is 0 Å². The molecule has 1 N–H and O–H groups in total. The van der Waals surface area contributed by atoms with Gasteiger partial charge in [0.25, 0.3) is 0 Å². The van der Waals surface area contributed by atoms with Gasteiger partial charge in [-0.1, -0.05) is 5.11 Å². The van der Waals surface area contributed by atoms with E-state index in [2.05, 4.69) is 20.6 Å². The van der Waals surface area contributed by atoms with E-state index in [1.54, 1.807) is 27.7 Å². The maximum Gasteiger partial charge on any atom is 0.403 e. The molecule has 1 heterocycles. The summed E-state index contributed by atoms with van der Waals surface area (Å²) in [6.07, 6.45) is 1.67. The van der Waals surface area contributed by atoms with Crippen molar-refractivity contribution in [2.45, 2.75) is 0 Å². The third-order valence-corrected chi connectivity index (χ3v) is 3.26. The maximum absolute atomic E-state index is 12.9. The molecule has 3 aromatic rings. The first-order chi connectivity index (χ1) is 11.1. The van der Waals surface area contributed by atoms with Gasteiger partial charge in [-0.2, -0.15) is 0 Å². The van der Waals surface area contributed by atoms with Crippen molar-refractivity contribution in [2.24, 2.45) is 24.3 Å². The lowest BCUT2D eigenvalue weighted by Crippen LogP contribution is -2.25. The van der Waals surface area contributed by atoms with Gasteiger partial charge in [-0.05, 0) is 53.6 Å². The van der Waals surface area contributed by atoms with Gasteiger partial charge in [0, 0.05) is 16.5 Å². The molecule has 6 nitrogen and oxygen atoms in total. The van der Waals surface area contributed by atoms with Gasteiger partial charge in [0.1, 0.15) is 5.82 Å². The average Bonchev–Trinajstić information content (AvgIpc) is 2.88. The van der Waals surface area contributed by atoms with E-state index in [9.17, 15) is 4.39 Å². The van der Waals surface area contributed by atoms with Gasteiger partial charge in [0.15, 0.2) is 0 Å². The summed E-state index contributed by atoms with van der Waals surface area (Å²) in [5, 5.41) is 15.7. The first kappa shape index (κ1) is 14.8. The molecule has 1 aromatic heterocycles. The first-order valence-corrected chi connectivity index (χ1v) is 7.04. The molecule has 0 fully saturated rings. The van der Waals surface area contributed by atoms with Crippen LogP contribution in [0, 0.1) is 5.82 Å². The van der Waals surface area contributed by atoms with Crippen molar-refractivity contribution in [3.8, 4) is 0 Å². The molecule has 23 heavy (non-hydrogen) atoms. The number of halogens is 1. The summed E-state index contributed by atoms with van der Waals surface area (Å²) in [6, 6.07) is 13.7. The molecule has 0 aliphatic carbocycles. The monoisotopic (exact) mass is 311 g/mol. The minimum absolute atomic E-state index is 0.255. The summed E-state index contributed by atoms with van der Waals surface area (Å²) in [5.41, 5.74) is 2.44. The predicted molar refractivity (Wildman–Crippen MR) is 84.7 cm³/mol. The second kappa shape index (κ2) is 6.35. The average molecular weight is 311 g/mol. The van der Waals surface area contributed by atoms with E-state index in [0.29, 0.717) is 5.95 Å². The summed E-state index contributed by atoms with van der Waals surface area (Å²) in [6.45, 7) is 0. The lowest BCUT2D eigenvalue weighted by atomic mass is 10.2. The zero-order valence-electron chi connectivity index (χ0n) is 12.8. The van der Waals surface area contributed by atoms with E-state index in [-0.39, 0.29) is 5.82 Å². The third-order valence-electron chi connectivity index (χ3n) is 3.26. The minimum atomic E-state index is -0.255. The van der Waals surface area contributed by atoms with Crippen molar-refractivity contribution in [3.05, 3.63) is 60.7 Å². The van der Waals surface area contributed by atoms with Crippen LogP contribution in [0.5, 0.6) is 0 Å². The highest BCUT2D eigenvalue weighted by molar-refractivity contribution is 5.61. The Morgan fingerprint density at radius 1 is 1.00 bits per heavy atom. The number of nitrogens with zero attached hydrogens (tertiary/aromatic N) is 5. The van der Waals surface area contributed by atoms with Gasteiger partial charge in [-0.25, -0.2) is 8.96 Å². The van der Waals surface area contributed by atoms with Gasteiger partial charge in [-0.15, -0.1) is 4.68 Å². The molecule has 0 saturated heterocycles. The predicted octanol–water partition coefficient (Wildman–Crippen LogP) is 3.54. The largest absolute Gasteiger partial charge is 0.403 e. The molecule has 3 rings (SSSR count). The quantitative estimate of drug-likeness (QED) is 0.592. The van der Waals surface area contributed by atoms with Crippen LogP contribution in [-0.4, -0.2) is 9.78 Å². The molecule has 116 valence electrons. The fourth-order valence-electron chi connectivity index (χ4n) is 2.04. The van der Waals surface area contributed by atoms with Crippen molar-refractivity contribution in [2.75, 3.05) is 5.32 Å². The van der Waals surface area contributed by atoms with Gasteiger partial charge < -0.3 is 5.32 Å². The van der Waals surface area contributed by atoms with Crippen molar-refractivity contribution in [1.82, 2.24) is 9.78 Å². The van der Waals surface area contributed by atoms with Crippen LogP contribution in [0.3, 0.4) is 0 Å². The van der Waals surface area contributed by atoms with Gasteiger partial charge in [0.2, 0.25) is 6.33 Å². The Morgan fingerprint density at radius 3 is 2.17 bits per heavy atom. The highest BCUT2D eigenvalue weighted by Gasteiger charge is 2.11. The van der Waals surface area contributed by atoms with E-state index >= 15 is 0 Å². The summed E-state index contributed by atoms with van der Waals surface area (Å²) in [5.74, 6) is 0.396. The lowest BCUT2D eigenvalue weighted by Gasteiger charge is -2.05. The second-order valence-electron chi connectivity index (χ2n) is 5.04. The van der Waals surface area contributed by atoms with Crippen LogP contribution in [0.4, 0.5) is 27.4 Å². The van der Waals surface area contributed by atoms with Gasteiger partial charge in [-0.3, -0.25) is 0 Å². The molecule has 0 saturated carbocycles.